The second-order valence-electron chi connectivity index (χ2n) is 5.87. The van der Waals surface area contributed by atoms with Crippen molar-refractivity contribution in [2.24, 2.45) is 0 Å². The average molecular weight is 387 g/mol. The third kappa shape index (κ3) is 5.29. The molecule has 148 valence electrons. The second kappa shape index (κ2) is 10.1. The average Bonchev–Trinajstić information content (AvgIpc) is 2.71. The van der Waals surface area contributed by atoms with E-state index in [0.717, 1.165) is 12.8 Å². The van der Waals surface area contributed by atoms with Crippen LogP contribution in [0.5, 0.6) is 5.75 Å². The van der Waals surface area contributed by atoms with Gasteiger partial charge in [0.05, 0.1) is 29.8 Å². The van der Waals surface area contributed by atoms with E-state index in [-0.39, 0.29) is 35.8 Å². The van der Waals surface area contributed by atoms with Crippen molar-refractivity contribution in [1.29, 1.82) is 0 Å². The van der Waals surface area contributed by atoms with E-state index in [0.29, 0.717) is 5.56 Å². The third-order valence-corrected chi connectivity index (χ3v) is 3.91. The van der Waals surface area contributed by atoms with Gasteiger partial charge >= 0.3 is 17.6 Å². The molecule has 2 rings (SSSR count). The van der Waals surface area contributed by atoms with E-state index in [4.69, 9.17) is 14.2 Å². The number of hydrogen-bond acceptors (Lipinski definition) is 7. The summed E-state index contributed by atoms with van der Waals surface area (Å²) in [5, 5.41) is 10.9. The molecule has 0 aliphatic carbocycles. The van der Waals surface area contributed by atoms with Crippen molar-refractivity contribution < 1.29 is 28.7 Å². The highest BCUT2D eigenvalue weighted by Crippen LogP contribution is 2.28. The Bertz CT molecular complexity index is 863. The Morgan fingerprint density at radius 1 is 1.04 bits per heavy atom. The molecule has 28 heavy (non-hydrogen) atoms. The summed E-state index contributed by atoms with van der Waals surface area (Å²) in [7, 11) is 1.32. The van der Waals surface area contributed by atoms with E-state index in [1.807, 2.05) is 6.92 Å². The molecule has 0 radical (unpaired) electrons. The van der Waals surface area contributed by atoms with Crippen LogP contribution in [0.25, 0.3) is 0 Å². The minimum Gasteiger partial charge on any atom is -0.490 e. The molecule has 0 saturated heterocycles. The zero-order valence-electron chi connectivity index (χ0n) is 15.7. The minimum absolute atomic E-state index is 0.0680. The number of nitro groups is 1. The Morgan fingerprint density at radius 2 is 1.68 bits per heavy atom. The van der Waals surface area contributed by atoms with Crippen LogP contribution in [0.4, 0.5) is 5.69 Å². The zero-order valence-corrected chi connectivity index (χ0v) is 15.7. The molecule has 0 N–H and O–H groups in total. The molecular formula is C20H21NO7. The lowest BCUT2D eigenvalue weighted by Crippen LogP contribution is -2.14. The van der Waals surface area contributed by atoms with Crippen molar-refractivity contribution in [3.8, 4) is 5.75 Å². The topological polar surface area (TPSA) is 105 Å². The molecule has 0 saturated carbocycles. The zero-order chi connectivity index (χ0) is 20.5. The molecule has 0 heterocycles. The number of rotatable bonds is 9. The predicted molar refractivity (Wildman–Crippen MR) is 100 cm³/mol. The van der Waals surface area contributed by atoms with Gasteiger partial charge in [0.1, 0.15) is 6.61 Å². The minimum atomic E-state index is -0.694. The number of carbonyl (C=O) groups is 2. The summed E-state index contributed by atoms with van der Waals surface area (Å²) in [5.41, 5.74) is 0.555. The largest absolute Gasteiger partial charge is 0.490 e. The van der Waals surface area contributed by atoms with Gasteiger partial charge in [-0.25, -0.2) is 9.59 Å². The summed E-state index contributed by atoms with van der Waals surface area (Å²) >= 11 is 0. The third-order valence-electron chi connectivity index (χ3n) is 3.91. The van der Waals surface area contributed by atoms with Gasteiger partial charge in [0, 0.05) is 6.07 Å². The summed E-state index contributed by atoms with van der Waals surface area (Å²) in [5.74, 6) is -1.21. The normalized spacial score (nSPS) is 10.2. The van der Waals surface area contributed by atoms with E-state index < -0.39 is 16.9 Å². The summed E-state index contributed by atoms with van der Waals surface area (Å²) in [6, 6.07) is 10.4. The van der Waals surface area contributed by atoms with Crippen LogP contribution in [-0.4, -0.2) is 30.6 Å². The highest BCUT2D eigenvalue weighted by Gasteiger charge is 2.20. The van der Waals surface area contributed by atoms with Crippen LogP contribution in [0.3, 0.4) is 0 Å². The highest BCUT2D eigenvalue weighted by atomic mass is 16.6. The summed E-state index contributed by atoms with van der Waals surface area (Å²) in [4.78, 5) is 35.0. The van der Waals surface area contributed by atoms with Crippen molar-refractivity contribution in [3.05, 3.63) is 69.3 Å². The van der Waals surface area contributed by atoms with E-state index in [1.54, 1.807) is 12.1 Å². The van der Waals surface area contributed by atoms with Gasteiger partial charge in [0.2, 0.25) is 0 Å². The van der Waals surface area contributed by atoms with E-state index >= 15 is 0 Å². The lowest BCUT2D eigenvalue weighted by molar-refractivity contribution is -0.385. The Morgan fingerprint density at radius 3 is 2.25 bits per heavy atom. The SMILES string of the molecule is CCCCOC(=O)c1ccccc1C(=O)OCc1ccc([N+](=O)[O-])c(OC)c1. The summed E-state index contributed by atoms with van der Waals surface area (Å²) < 4.78 is 15.4. The number of nitrogens with zero attached hydrogens (tertiary/aromatic N) is 1. The van der Waals surface area contributed by atoms with Crippen LogP contribution >= 0.6 is 0 Å². The molecule has 0 aromatic heterocycles. The van der Waals surface area contributed by atoms with Crippen LogP contribution in [-0.2, 0) is 16.1 Å². The molecule has 8 heteroatoms. The van der Waals surface area contributed by atoms with Crippen LogP contribution in [0, 0.1) is 10.1 Å². The summed E-state index contributed by atoms with van der Waals surface area (Å²) in [6.07, 6.45) is 1.62. The van der Waals surface area contributed by atoms with Gasteiger partial charge in [0.25, 0.3) is 0 Å². The molecule has 0 aliphatic heterocycles. The number of ether oxygens (including phenoxy) is 3. The number of unbranched alkanes of at least 4 members (excludes halogenated alkanes) is 1. The van der Waals surface area contributed by atoms with Crippen molar-refractivity contribution in [3.63, 3.8) is 0 Å². The standard InChI is InChI=1S/C20H21NO7/c1-3-4-11-27-19(22)15-7-5-6-8-16(15)20(23)28-13-14-9-10-17(21(24)25)18(12-14)26-2/h5-10,12H,3-4,11,13H2,1-2H3. The van der Waals surface area contributed by atoms with E-state index in [9.17, 15) is 19.7 Å². The van der Waals surface area contributed by atoms with Crippen LogP contribution in [0.1, 0.15) is 46.0 Å². The van der Waals surface area contributed by atoms with Crippen LogP contribution in [0.15, 0.2) is 42.5 Å². The molecular weight excluding hydrogens is 366 g/mol. The first-order chi connectivity index (χ1) is 13.5. The molecule has 0 amide bonds. The number of esters is 2. The Kier molecular flexibility index (Phi) is 7.50. The van der Waals surface area contributed by atoms with Crippen LogP contribution < -0.4 is 4.74 Å². The highest BCUT2D eigenvalue weighted by molar-refractivity contribution is 6.03. The lowest BCUT2D eigenvalue weighted by atomic mass is 10.1. The molecule has 0 fully saturated rings. The molecule has 2 aromatic rings. The van der Waals surface area contributed by atoms with Crippen molar-refractivity contribution in [2.45, 2.75) is 26.4 Å². The quantitative estimate of drug-likeness (QED) is 0.278. The number of methoxy groups -OCH3 is 1. The van der Waals surface area contributed by atoms with Gasteiger partial charge in [0.15, 0.2) is 5.75 Å². The van der Waals surface area contributed by atoms with Crippen molar-refractivity contribution >= 4 is 17.6 Å². The summed E-state index contributed by atoms with van der Waals surface area (Å²) in [6.45, 7) is 2.13. The predicted octanol–water partition coefficient (Wildman–Crippen LogP) is 3.92. The maximum atomic E-state index is 12.4. The number of hydrogen-bond donors (Lipinski definition) is 0. The molecule has 8 nitrogen and oxygen atoms in total. The molecule has 0 spiro atoms. The Labute approximate surface area is 162 Å². The van der Waals surface area contributed by atoms with Gasteiger partial charge in [-0.3, -0.25) is 10.1 Å². The first kappa shape index (κ1) is 20.9. The second-order valence-corrected chi connectivity index (χ2v) is 5.87. The van der Waals surface area contributed by atoms with E-state index in [2.05, 4.69) is 0 Å². The first-order valence-corrected chi connectivity index (χ1v) is 8.72. The van der Waals surface area contributed by atoms with Gasteiger partial charge in [-0.1, -0.05) is 25.5 Å². The first-order valence-electron chi connectivity index (χ1n) is 8.72. The molecule has 0 atom stereocenters. The molecule has 2 aromatic carbocycles. The van der Waals surface area contributed by atoms with Gasteiger partial charge < -0.3 is 14.2 Å². The van der Waals surface area contributed by atoms with Gasteiger partial charge in [-0.15, -0.1) is 0 Å². The monoisotopic (exact) mass is 387 g/mol. The van der Waals surface area contributed by atoms with Crippen molar-refractivity contribution in [1.82, 2.24) is 0 Å². The molecule has 0 bridgehead atoms. The number of nitro benzene ring substituents is 1. The maximum absolute atomic E-state index is 12.4. The Balaban J connectivity index is 2.10. The van der Waals surface area contributed by atoms with Gasteiger partial charge in [-0.05, 0) is 36.2 Å². The lowest BCUT2D eigenvalue weighted by Gasteiger charge is -2.10. The molecule has 0 aliphatic rings. The fourth-order valence-electron chi connectivity index (χ4n) is 2.42. The van der Waals surface area contributed by atoms with E-state index in [1.165, 1.54) is 37.4 Å². The smallest absolute Gasteiger partial charge is 0.339 e. The van der Waals surface area contributed by atoms with Crippen molar-refractivity contribution in [2.75, 3.05) is 13.7 Å². The Hall–Kier alpha value is -3.42. The van der Waals surface area contributed by atoms with Gasteiger partial charge in [-0.2, -0.15) is 0 Å². The fourth-order valence-corrected chi connectivity index (χ4v) is 2.42. The molecule has 0 unspecified atom stereocenters. The fraction of sp³-hybridized carbons (Fsp3) is 0.300. The number of carbonyl (C=O) groups excluding carboxylic acids is 2. The van der Waals surface area contributed by atoms with Crippen LogP contribution in [0.2, 0.25) is 0 Å². The maximum Gasteiger partial charge on any atom is 0.339 e. The number of benzene rings is 2.